The van der Waals surface area contributed by atoms with Crippen molar-refractivity contribution in [2.24, 2.45) is 0 Å². The van der Waals surface area contributed by atoms with Gasteiger partial charge >= 0.3 is 0 Å². The fourth-order valence-corrected chi connectivity index (χ4v) is 3.80. The van der Waals surface area contributed by atoms with Crippen LogP contribution in [0.5, 0.6) is 0 Å². The number of thiophene rings is 1. The number of fused-ring (bicyclic) bond motifs is 1. The summed E-state index contributed by atoms with van der Waals surface area (Å²) in [4.78, 5) is 1.26. The molecule has 0 bridgehead atoms. The summed E-state index contributed by atoms with van der Waals surface area (Å²) < 4.78 is 2.09. The highest BCUT2D eigenvalue weighted by Gasteiger charge is 2.22. The average molecular weight is 309 g/mol. The summed E-state index contributed by atoms with van der Waals surface area (Å²) in [5, 5.41) is 10.7. The molecule has 0 unspecified atom stereocenters. The molecule has 1 N–H and O–H groups in total. The maximum Gasteiger partial charge on any atom is 0.133 e. The molecule has 1 aliphatic rings. The van der Waals surface area contributed by atoms with Crippen molar-refractivity contribution in [3.05, 3.63) is 52.9 Å². The van der Waals surface area contributed by atoms with E-state index in [-0.39, 0.29) is 0 Å². The van der Waals surface area contributed by atoms with Gasteiger partial charge in [0.1, 0.15) is 11.5 Å². The predicted octanol–water partition coefficient (Wildman–Crippen LogP) is 4.66. The standard InChI is InChI=1S/C18H19N3S/c1-13-6-4-7-14(12-13)21-18-15(8-2-3-10-19-18)17(20-21)16-9-5-11-22-16/h4-7,9,11-12,19H,2-3,8,10H2,1H3. The number of aromatic nitrogens is 2. The van der Waals surface area contributed by atoms with E-state index in [0.717, 1.165) is 24.3 Å². The number of hydrogen-bond donors (Lipinski definition) is 1. The summed E-state index contributed by atoms with van der Waals surface area (Å²) in [7, 11) is 0. The van der Waals surface area contributed by atoms with E-state index in [2.05, 4.69) is 58.7 Å². The molecule has 0 radical (unpaired) electrons. The first kappa shape index (κ1) is 13.6. The number of benzene rings is 1. The molecule has 0 atom stereocenters. The first-order valence-corrected chi connectivity index (χ1v) is 8.67. The van der Waals surface area contributed by atoms with Crippen LogP contribution < -0.4 is 5.32 Å². The minimum Gasteiger partial charge on any atom is -0.370 e. The fourth-order valence-electron chi connectivity index (χ4n) is 3.06. The summed E-state index contributed by atoms with van der Waals surface area (Å²) in [6.07, 6.45) is 3.53. The van der Waals surface area contributed by atoms with Crippen LogP contribution >= 0.6 is 11.3 Å². The highest BCUT2D eigenvalue weighted by atomic mass is 32.1. The van der Waals surface area contributed by atoms with Crippen molar-refractivity contribution in [1.29, 1.82) is 0 Å². The number of anilines is 1. The van der Waals surface area contributed by atoms with Gasteiger partial charge in [0.25, 0.3) is 0 Å². The normalized spacial score (nSPS) is 14.2. The van der Waals surface area contributed by atoms with Crippen molar-refractivity contribution in [3.63, 3.8) is 0 Å². The van der Waals surface area contributed by atoms with Gasteiger partial charge in [-0.25, -0.2) is 4.68 Å². The van der Waals surface area contributed by atoms with E-state index in [0.29, 0.717) is 0 Å². The van der Waals surface area contributed by atoms with Gasteiger partial charge in [0, 0.05) is 12.1 Å². The number of hydrogen-bond acceptors (Lipinski definition) is 3. The minimum absolute atomic E-state index is 1.02. The highest BCUT2D eigenvalue weighted by Crippen LogP contribution is 2.35. The van der Waals surface area contributed by atoms with Gasteiger partial charge in [-0.2, -0.15) is 5.10 Å². The molecular weight excluding hydrogens is 290 g/mol. The van der Waals surface area contributed by atoms with Crippen LogP contribution in [0, 0.1) is 6.92 Å². The summed E-state index contributed by atoms with van der Waals surface area (Å²) in [5.41, 5.74) is 4.89. The molecule has 3 nitrogen and oxygen atoms in total. The van der Waals surface area contributed by atoms with Gasteiger partial charge in [0.15, 0.2) is 0 Å². The molecule has 0 fully saturated rings. The Hall–Kier alpha value is -2.07. The molecule has 0 saturated heterocycles. The van der Waals surface area contributed by atoms with Crippen molar-refractivity contribution in [2.75, 3.05) is 11.9 Å². The Bertz CT molecular complexity index is 787. The third kappa shape index (κ3) is 2.33. The van der Waals surface area contributed by atoms with E-state index in [1.807, 2.05) is 0 Å². The quantitative estimate of drug-likeness (QED) is 0.746. The molecule has 112 valence electrons. The van der Waals surface area contributed by atoms with Crippen molar-refractivity contribution in [3.8, 4) is 16.3 Å². The average Bonchev–Trinajstić information content (AvgIpc) is 3.09. The molecule has 22 heavy (non-hydrogen) atoms. The van der Waals surface area contributed by atoms with Crippen LogP contribution in [0.25, 0.3) is 16.3 Å². The zero-order valence-corrected chi connectivity index (χ0v) is 13.5. The Morgan fingerprint density at radius 1 is 1.18 bits per heavy atom. The molecule has 0 spiro atoms. The lowest BCUT2D eigenvalue weighted by Gasteiger charge is -2.09. The third-order valence-electron chi connectivity index (χ3n) is 4.13. The lowest BCUT2D eigenvalue weighted by atomic mass is 10.1. The predicted molar refractivity (Wildman–Crippen MR) is 93.0 cm³/mol. The molecule has 3 aromatic rings. The smallest absolute Gasteiger partial charge is 0.133 e. The number of aryl methyl sites for hydroxylation is 1. The molecule has 2 aromatic heterocycles. The Morgan fingerprint density at radius 3 is 2.95 bits per heavy atom. The second-order valence-electron chi connectivity index (χ2n) is 5.79. The van der Waals surface area contributed by atoms with Crippen molar-refractivity contribution >= 4 is 17.2 Å². The molecule has 1 aromatic carbocycles. The van der Waals surface area contributed by atoms with Gasteiger partial charge in [-0.15, -0.1) is 11.3 Å². The van der Waals surface area contributed by atoms with Crippen LogP contribution in [0.3, 0.4) is 0 Å². The second kappa shape index (κ2) is 5.61. The Kier molecular flexibility index (Phi) is 3.47. The van der Waals surface area contributed by atoms with Crippen molar-refractivity contribution in [2.45, 2.75) is 26.2 Å². The van der Waals surface area contributed by atoms with Gasteiger partial charge in [0.2, 0.25) is 0 Å². The second-order valence-corrected chi connectivity index (χ2v) is 6.74. The van der Waals surface area contributed by atoms with E-state index in [1.54, 1.807) is 11.3 Å². The fraction of sp³-hybridized carbons (Fsp3) is 0.278. The number of nitrogens with one attached hydrogen (secondary N) is 1. The summed E-state index contributed by atoms with van der Waals surface area (Å²) in [5.74, 6) is 1.17. The molecule has 4 rings (SSSR count). The minimum atomic E-state index is 1.02. The molecule has 0 aliphatic carbocycles. The van der Waals surface area contributed by atoms with Crippen LogP contribution in [0.2, 0.25) is 0 Å². The van der Waals surface area contributed by atoms with E-state index in [9.17, 15) is 0 Å². The maximum absolute atomic E-state index is 4.95. The molecule has 0 saturated carbocycles. The topological polar surface area (TPSA) is 29.9 Å². The molecule has 0 amide bonds. The lowest BCUT2D eigenvalue weighted by molar-refractivity contribution is 0.780. The summed E-state index contributed by atoms with van der Waals surface area (Å²) >= 11 is 1.76. The Balaban J connectivity index is 1.92. The van der Waals surface area contributed by atoms with Gasteiger partial charge in [-0.05, 0) is 55.3 Å². The Morgan fingerprint density at radius 2 is 2.14 bits per heavy atom. The lowest BCUT2D eigenvalue weighted by Crippen LogP contribution is -2.07. The SMILES string of the molecule is Cc1cccc(-n2nc(-c3cccs3)c3c2NCCCC3)c1. The number of nitrogens with zero attached hydrogens (tertiary/aromatic N) is 2. The van der Waals surface area contributed by atoms with E-state index in [1.165, 1.54) is 34.7 Å². The van der Waals surface area contributed by atoms with Gasteiger partial charge in [0.05, 0.1) is 10.6 Å². The first-order chi connectivity index (χ1) is 10.8. The van der Waals surface area contributed by atoms with Gasteiger partial charge < -0.3 is 5.32 Å². The van der Waals surface area contributed by atoms with Crippen LogP contribution in [0.1, 0.15) is 24.0 Å². The van der Waals surface area contributed by atoms with E-state index < -0.39 is 0 Å². The van der Waals surface area contributed by atoms with Crippen molar-refractivity contribution < 1.29 is 0 Å². The summed E-state index contributed by atoms with van der Waals surface area (Å²) in [6, 6.07) is 12.8. The van der Waals surface area contributed by atoms with Gasteiger partial charge in [-0.1, -0.05) is 18.2 Å². The monoisotopic (exact) mass is 309 g/mol. The molecule has 1 aliphatic heterocycles. The molecule has 4 heteroatoms. The van der Waals surface area contributed by atoms with Crippen LogP contribution in [0.4, 0.5) is 5.82 Å². The number of rotatable bonds is 2. The largest absolute Gasteiger partial charge is 0.370 e. The first-order valence-electron chi connectivity index (χ1n) is 7.79. The third-order valence-corrected chi connectivity index (χ3v) is 5.01. The zero-order chi connectivity index (χ0) is 14.9. The van der Waals surface area contributed by atoms with Gasteiger partial charge in [-0.3, -0.25) is 0 Å². The highest BCUT2D eigenvalue weighted by molar-refractivity contribution is 7.13. The molecule has 3 heterocycles. The zero-order valence-electron chi connectivity index (χ0n) is 12.7. The molecular formula is C18H19N3S. The summed E-state index contributed by atoms with van der Waals surface area (Å²) in [6.45, 7) is 3.15. The van der Waals surface area contributed by atoms with Crippen LogP contribution in [-0.4, -0.2) is 16.3 Å². The van der Waals surface area contributed by atoms with E-state index >= 15 is 0 Å². The van der Waals surface area contributed by atoms with Crippen LogP contribution in [-0.2, 0) is 6.42 Å². The van der Waals surface area contributed by atoms with Crippen molar-refractivity contribution in [1.82, 2.24) is 9.78 Å². The maximum atomic E-state index is 4.95. The van der Waals surface area contributed by atoms with E-state index in [4.69, 9.17) is 5.10 Å². The Labute approximate surface area is 134 Å². The van der Waals surface area contributed by atoms with Crippen LogP contribution in [0.15, 0.2) is 41.8 Å².